The Hall–Kier alpha value is -1.84. The van der Waals surface area contributed by atoms with Crippen molar-refractivity contribution < 1.29 is 4.79 Å². The Bertz CT molecular complexity index is 452. The molecule has 0 heterocycles. The molecule has 1 aromatic carbocycles. The molecule has 2 rings (SSSR count). The molecule has 0 radical (unpaired) electrons. The summed E-state index contributed by atoms with van der Waals surface area (Å²) >= 11 is 0. The Labute approximate surface area is 94.5 Å². The van der Waals surface area contributed by atoms with Gasteiger partial charge in [0.2, 0.25) is 0 Å². The number of fused-ring (bicyclic) bond motifs is 1. The van der Waals surface area contributed by atoms with Crippen molar-refractivity contribution >= 4 is 11.7 Å². The third kappa shape index (κ3) is 2.21. The maximum Gasteiger partial charge on any atom is 0.332 e. The second-order valence-electron chi connectivity index (χ2n) is 4.01. The third-order valence-corrected chi connectivity index (χ3v) is 2.85. The molecular weight excluding hydrogens is 202 g/mol. The average Bonchev–Trinajstić information content (AvgIpc) is 2.72. The van der Waals surface area contributed by atoms with Crippen LogP contribution in [0.4, 0.5) is 4.79 Å². The van der Waals surface area contributed by atoms with Crippen LogP contribution in [0.3, 0.4) is 0 Å². The molecular formula is C12H15N3O. The molecule has 3 N–H and O–H groups in total. The van der Waals surface area contributed by atoms with E-state index in [1.54, 1.807) is 0 Å². The molecule has 4 nitrogen and oxygen atoms in total. The largest absolute Gasteiger partial charge is 0.350 e. The van der Waals surface area contributed by atoms with Crippen LogP contribution in [0.15, 0.2) is 23.3 Å². The van der Waals surface area contributed by atoms with Gasteiger partial charge in [0.15, 0.2) is 0 Å². The average molecular weight is 217 g/mol. The van der Waals surface area contributed by atoms with Crippen LogP contribution in [0.2, 0.25) is 0 Å². The fourth-order valence-electron chi connectivity index (χ4n) is 2.00. The second-order valence-corrected chi connectivity index (χ2v) is 4.01. The van der Waals surface area contributed by atoms with Crippen LogP contribution in [0.1, 0.15) is 30.0 Å². The van der Waals surface area contributed by atoms with Crippen molar-refractivity contribution in [2.45, 2.75) is 26.2 Å². The van der Waals surface area contributed by atoms with E-state index in [1.165, 1.54) is 24.0 Å². The molecule has 0 fully saturated rings. The fraction of sp³-hybridized carbons (Fsp3) is 0.333. The predicted molar refractivity (Wildman–Crippen MR) is 63.4 cm³/mol. The Kier molecular flexibility index (Phi) is 2.90. The SMILES string of the molecule is C/C(=N/NC(N)=O)c1ccc2c(c1)CCC2. The Morgan fingerprint density at radius 2 is 2.12 bits per heavy atom. The van der Waals surface area contributed by atoms with Crippen LogP contribution >= 0.6 is 0 Å². The Morgan fingerprint density at radius 3 is 2.88 bits per heavy atom. The highest BCUT2D eigenvalue weighted by Crippen LogP contribution is 2.22. The van der Waals surface area contributed by atoms with E-state index in [0.29, 0.717) is 0 Å². The molecule has 1 aromatic rings. The van der Waals surface area contributed by atoms with E-state index < -0.39 is 6.03 Å². The number of hydrogen-bond donors (Lipinski definition) is 2. The van der Waals surface area contributed by atoms with E-state index in [0.717, 1.165) is 17.7 Å². The number of carbonyl (C=O) groups excluding carboxylic acids is 1. The predicted octanol–water partition coefficient (Wildman–Crippen LogP) is 1.57. The monoisotopic (exact) mass is 217 g/mol. The topological polar surface area (TPSA) is 67.5 Å². The summed E-state index contributed by atoms with van der Waals surface area (Å²) in [4.78, 5) is 10.5. The number of amides is 2. The van der Waals surface area contributed by atoms with Gasteiger partial charge in [0.1, 0.15) is 0 Å². The molecule has 84 valence electrons. The highest BCUT2D eigenvalue weighted by atomic mass is 16.2. The van der Waals surface area contributed by atoms with Crippen molar-refractivity contribution in [3.05, 3.63) is 34.9 Å². The van der Waals surface area contributed by atoms with Gasteiger partial charge in [0.25, 0.3) is 0 Å². The summed E-state index contributed by atoms with van der Waals surface area (Å²) in [7, 11) is 0. The summed E-state index contributed by atoms with van der Waals surface area (Å²) in [6, 6.07) is 5.68. The van der Waals surface area contributed by atoms with Gasteiger partial charge >= 0.3 is 6.03 Å². The van der Waals surface area contributed by atoms with Crippen molar-refractivity contribution in [2.24, 2.45) is 10.8 Å². The highest BCUT2D eigenvalue weighted by Gasteiger charge is 2.11. The van der Waals surface area contributed by atoms with Gasteiger partial charge < -0.3 is 5.73 Å². The van der Waals surface area contributed by atoms with Gasteiger partial charge in [-0.25, -0.2) is 10.2 Å². The minimum atomic E-state index is -0.638. The molecule has 0 atom stereocenters. The van der Waals surface area contributed by atoms with Crippen LogP contribution < -0.4 is 11.2 Å². The van der Waals surface area contributed by atoms with Gasteiger partial charge in [-0.2, -0.15) is 5.10 Å². The van der Waals surface area contributed by atoms with E-state index in [2.05, 4.69) is 22.7 Å². The third-order valence-electron chi connectivity index (χ3n) is 2.85. The molecule has 0 aliphatic heterocycles. The molecule has 0 saturated heterocycles. The quantitative estimate of drug-likeness (QED) is 0.573. The Morgan fingerprint density at radius 1 is 1.38 bits per heavy atom. The number of aryl methyl sites for hydroxylation is 2. The molecule has 0 saturated carbocycles. The van der Waals surface area contributed by atoms with Crippen molar-refractivity contribution in [3.8, 4) is 0 Å². The van der Waals surface area contributed by atoms with Crippen molar-refractivity contribution in [3.63, 3.8) is 0 Å². The number of benzene rings is 1. The molecule has 0 unspecified atom stereocenters. The van der Waals surface area contributed by atoms with Crippen molar-refractivity contribution in [2.75, 3.05) is 0 Å². The van der Waals surface area contributed by atoms with E-state index in [9.17, 15) is 4.79 Å². The van der Waals surface area contributed by atoms with Crippen LogP contribution in [0.25, 0.3) is 0 Å². The molecule has 4 heteroatoms. The first-order valence-corrected chi connectivity index (χ1v) is 5.39. The lowest BCUT2D eigenvalue weighted by Crippen LogP contribution is -2.25. The van der Waals surface area contributed by atoms with Crippen LogP contribution in [-0.2, 0) is 12.8 Å². The summed E-state index contributed by atoms with van der Waals surface area (Å²) < 4.78 is 0. The number of rotatable bonds is 2. The zero-order valence-electron chi connectivity index (χ0n) is 9.29. The smallest absolute Gasteiger partial charge is 0.332 e. The molecule has 1 aliphatic rings. The van der Waals surface area contributed by atoms with E-state index in [-0.39, 0.29) is 0 Å². The molecule has 0 spiro atoms. The molecule has 2 amide bonds. The van der Waals surface area contributed by atoms with Gasteiger partial charge in [-0.15, -0.1) is 0 Å². The fourth-order valence-corrected chi connectivity index (χ4v) is 2.00. The number of nitrogens with one attached hydrogen (secondary N) is 1. The van der Waals surface area contributed by atoms with Crippen LogP contribution in [0, 0.1) is 0 Å². The van der Waals surface area contributed by atoms with Gasteiger partial charge in [-0.05, 0) is 48.9 Å². The van der Waals surface area contributed by atoms with Crippen LogP contribution in [-0.4, -0.2) is 11.7 Å². The maximum atomic E-state index is 10.5. The van der Waals surface area contributed by atoms with Crippen molar-refractivity contribution in [1.29, 1.82) is 0 Å². The maximum absolute atomic E-state index is 10.5. The number of primary amides is 1. The minimum Gasteiger partial charge on any atom is -0.350 e. The summed E-state index contributed by atoms with van der Waals surface area (Å²) in [5.41, 5.74) is 11.8. The first-order chi connectivity index (χ1) is 7.66. The van der Waals surface area contributed by atoms with E-state index >= 15 is 0 Å². The summed E-state index contributed by atoms with van der Waals surface area (Å²) in [5, 5.41) is 3.91. The Balaban J connectivity index is 2.21. The van der Waals surface area contributed by atoms with E-state index in [4.69, 9.17) is 5.73 Å². The van der Waals surface area contributed by atoms with E-state index in [1.807, 2.05) is 13.0 Å². The number of nitrogens with zero attached hydrogens (tertiary/aromatic N) is 1. The lowest BCUT2D eigenvalue weighted by atomic mass is 10.0. The molecule has 16 heavy (non-hydrogen) atoms. The van der Waals surface area contributed by atoms with Crippen LogP contribution in [0.5, 0.6) is 0 Å². The first-order valence-electron chi connectivity index (χ1n) is 5.39. The number of urea groups is 1. The lowest BCUT2D eigenvalue weighted by molar-refractivity contribution is 0.249. The zero-order chi connectivity index (χ0) is 11.5. The van der Waals surface area contributed by atoms with Gasteiger partial charge in [0.05, 0.1) is 5.71 Å². The normalized spacial score (nSPS) is 14.7. The number of hydrazone groups is 1. The summed E-state index contributed by atoms with van der Waals surface area (Å²) in [5.74, 6) is 0. The summed E-state index contributed by atoms with van der Waals surface area (Å²) in [6.45, 7) is 1.85. The number of nitrogens with two attached hydrogens (primary N) is 1. The number of carbonyl (C=O) groups is 1. The lowest BCUT2D eigenvalue weighted by Gasteiger charge is -2.04. The van der Waals surface area contributed by atoms with Gasteiger partial charge in [-0.3, -0.25) is 0 Å². The van der Waals surface area contributed by atoms with Gasteiger partial charge in [-0.1, -0.05) is 12.1 Å². The standard InChI is InChI=1S/C12H15N3O/c1-8(14-15-12(13)16)10-6-5-9-3-2-4-11(9)7-10/h5-7H,2-4H2,1H3,(H3,13,15,16)/b14-8-. The molecule has 0 aromatic heterocycles. The second kappa shape index (κ2) is 4.35. The highest BCUT2D eigenvalue weighted by molar-refractivity contribution is 5.99. The molecule has 0 bridgehead atoms. The number of hydrogen-bond acceptors (Lipinski definition) is 2. The summed E-state index contributed by atoms with van der Waals surface area (Å²) in [6.07, 6.45) is 3.54. The van der Waals surface area contributed by atoms with Crippen molar-refractivity contribution in [1.82, 2.24) is 5.43 Å². The van der Waals surface area contributed by atoms with Gasteiger partial charge in [0, 0.05) is 0 Å². The minimum absolute atomic E-state index is 0.638. The zero-order valence-corrected chi connectivity index (χ0v) is 9.29. The molecule has 1 aliphatic carbocycles. The first kappa shape index (κ1) is 10.7.